The zero-order valence-corrected chi connectivity index (χ0v) is 15.2. The Labute approximate surface area is 141 Å². The van der Waals surface area contributed by atoms with E-state index in [9.17, 15) is 4.79 Å². The Balaban J connectivity index is 2.62. The third-order valence-corrected chi connectivity index (χ3v) is 4.40. The first kappa shape index (κ1) is 19.2. The second-order valence-corrected chi connectivity index (χ2v) is 6.32. The summed E-state index contributed by atoms with van der Waals surface area (Å²) < 4.78 is 0. The Hall–Kier alpha value is -1.83. The number of carbonyl (C=O) groups is 1. The molecule has 1 N–H and O–H groups in total. The van der Waals surface area contributed by atoms with Gasteiger partial charge in [0.1, 0.15) is 0 Å². The molecule has 1 rings (SSSR count). The molecule has 0 saturated carbocycles. The van der Waals surface area contributed by atoms with Crippen LogP contribution in [0.5, 0.6) is 0 Å². The van der Waals surface area contributed by atoms with Crippen molar-refractivity contribution in [3.8, 4) is 0 Å². The molecule has 23 heavy (non-hydrogen) atoms. The number of ketones is 1. The van der Waals surface area contributed by atoms with Crippen LogP contribution in [-0.4, -0.2) is 5.78 Å². The minimum atomic E-state index is 0.209. The van der Waals surface area contributed by atoms with Crippen LogP contribution < -0.4 is 5.32 Å². The van der Waals surface area contributed by atoms with Gasteiger partial charge in [-0.05, 0) is 55.9 Å². The van der Waals surface area contributed by atoms with Crippen molar-refractivity contribution in [2.45, 2.75) is 59.8 Å². The van der Waals surface area contributed by atoms with Gasteiger partial charge in [-0.2, -0.15) is 0 Å². The van der Waals surface area contributed by atoms with Gasteiger partial charge >= 0.3 is 0 Å². The summed E-state index contributed by atoms with van der Waals surface area (Å²) in [6.45, 7) is 16.3. The van der Waals surface area contributed by atoms with Crippen molar-refractivity contribution in [2.75, 3.05) is 0 Å². The Morgan fingerprint density at radius 1 is 1.39 bits per heavy atom. The molecule has 0 spiro atoms. The zero-order valence-electron chi connectivity index (χ0n) is 15.2. The van der Waals surface area contributed by atoms with Crippen LogP contribution in [-0.2, 0) is 4.79 Å². The standard InChI is InChI=1S/C21H31NO/c1-7-18(6)22-12-10-9-11-15(3)19-13-16(4)21(17(5)14-19)20(23)8-2/h10,12,14-15,22H,4,6-9,11,13H2,1-3,5H3/b12-10+. The Bertz CT molecular complexity index is 560. The Morgan fingerprint density at radius 3 is 2.65 bits per heavy atom. The molecule has 0 bridgehead atoms. The highest BCUT2D eigenvalue weighted by Gasteiger charge is 2.21. The summed E-state index contributed by atoms with van der Waals surface area (Å²) >= 11 is 0. The van der Waals surface area contributed by atoms with E-state index in [0.717, 1.165) is 48.1 Å². The van der Waals surface area contributed by atoms with Gasteiger partial charge in [-0.15, -0.1) is 0 Å². The highest BCUT2D eigenvalue weighted by Crippen LogP contribution is 2.34. The first-order chi connectivity index (χ1) is 10.9. The Kier molecular flexibility index (Phi) is 7.80. The molecule has 0 aromatic heterocycles. The lowest BCUT2D eigenvalue weighted by Crippen LogP contribution is -2.12. The zero-order chi connectivity index (χ0) is 17.4. The first-order valence-corrected chi connectivity index (χ1v) is 8.62. The lowest BCUT2D eigenvalue weighted by molar-refractivity contribution is -0.115. The van der Waals surface area contributed by atoms with Crippen molar-refractivity contribution in [2.24, 2.45) is 5.92 Å². The van der Waals surface area contributed by atoms with E-state index in [1.165, 1.54) is 5.57 Å². The maximum Gasteiger partial charge on any atom is 0.163 e. The van der Waals surface area contributed by atoms with E-state index in [4.69, 9.17) is 0 Å². The molecule has 0 radical (unpaired) electrons. The molecule has 1 aliphatic carbocycles. The van der Waals surface area contributed by atoms with E-state index in [-0.39, 0.29) is 5.78 Å². The number of hydrogen-bond donors (Lipinski definition) is 1. The topological polar surface area (TPSA) is 29.1 Å². The van der Waals surface area contributed by atoms with Crippen LogP contribution in [0.15, 0.2) is 59.5 Å². The van der Waals surface area contributed by atoms with Crippen molar-refractivity contribution in [1.82, 2.24) is 5.32 Å². The quantitative estimate of drug-likeness (QED) is 0.599. The number of nitrogens with one attached hydrogen (secondary N) is 1. The van der Waals surface area contributed by atoms with Gasteiger partial charge in [0.05, 0.1) is 0 Å². The minimum absolute atomic E-state index is 0.209. The smallest absolute Gasteiger partial charge is 0.163 e. The minimum Gasteiger partial charge on any atom is -0.366 e. The molecule has 0 fully saturated rings. The first-order valence-electron chi connectivity index (χ1n) is 8.62. The number of allylic oxidation sites excluding steroid dienone is 7. The van der Waals surface area contributed by atoms with Crippen molar-refractivity contribution < 1.29 is 4.79 Å². The van der Waals surface area contributed by atoms with Gasteiger partial charge in [-0.3, -0.25) is 4.79 Å². The van der Waals surface area contributed by atoms with E-state index in [0.29, 0.717) is 12.3 Å². The summed E-state index contributed by atoms with van der Waals surface area (Å²) in [5.74, 6) is 0.708. The molecule has 0 amide bonds. The van der Waals surface area contributed by atoms with Crippen molar-refractivity contribution >= 4 is 5.78 Å². The van der Waals surface area contributed by atoms with Gasteiger partial charge in [0, 0.05) is 17.7 Å². The summed E-state index contributed by atoms with van der Waals surface area (Å²) in [4.78, 5) is 12.0. The molecule has 0 aliphatic heterocycles. The van der Waals surface area contributed by atoms with Crippen molar-refractivity contribution in [1.29, 1.82) is 0 Å². The number of hydrogen-bond acceptors (Lipinski definition) is 2. The highest BCUT2D eigenvalue weighted by atomic mass is 16.1. The molecule has 1 atom stereocenters. The van der Waals surface area contributed by atoms with E-state index in [1.807, 2.05) is 20.0 Å². The van der Waals surface area contributed by atoms with E-state index in [1.54, 1.807) is 0 Å². The van der Waals surface area contributed by atoms with Crippen molar-refractivity contribution in [3.63, 3.8) is 0 Å². The van der Waals surface area contributed by atoms with Crippen LogP contribution in [0.2, 0.25) is 0 Å². The van der Waals surface area contributed by atoms with Gasteiger partial charge in [0.25, 0.3) is 0 Å². The SMILES string of the molecule is C=C(CC)N/C=C/CCC(C)C1=CC(C)=C(C(=O)CC)C(=C)C1. The molecule has 1 aliphatic rings. The molecule has 0 aromatic carbocycles. The summed E-state index contributed by atoms with van der Waals surface area (Å²) in [7, 11) is 0. The second kappa shape index (κ2) is 9.34. The van der Waals surface area contributed by atoms with Crippen LogP contribution in [0.1, 0.15) is 59.8 Å². The average Bonchev–Trinajstić information content (AvgIpc) is 2.52. The van der Waals surface area contributed by atoms with E-state index in [2.05, 4.69) is 44.5 Å². The van der Waals surface area contributed by atoms with Gasteiger partial charge in [-0.1, -0.05) is 51.7 Å². The van der Waals surface area contributed by atoms with E-state index >= 15 is 0 Å². The molecular weight excluding hydrogens is 282 g/mol. The second-order valence-electron chi connectivity index (χ2n) is 6.32. The monoisotopic (exact) mass is 313 g/mol. The van der Waals surface area contributed by atoms with Crippen LogP contribution >= 0.6 is 0 Å². The fourth-order valence-corrected chi connectivity index (χ4v) is 2.82. The Morgan fingerprint density at radius 2 is 2.09 bits per heavy atom. The lowest BCUT2D eigenvalue weighted by atomic mass is 9.81. The molecular formula is C21H31NO. The highest BCUT2D eigenvalue weighted by molar-refractivity contribution is 6.00. The van der Waals surface area contributed by atoms with Crippen LogP contribution in [0.25, 0.3) is 0 Å². The van der Waals surface area contributed by atoms with Crippen LogP contribution in [0, 0.1) is 5.92 Å². The van der Waals surface area contributed by atoms with Crippen LogP contribution in [0.4, 0.5) is 0 Å². The summed E-state index contributed by atoms with van der Waals surface area (Å²) in [6, 6.07) is 0. The average molecular weight is 313 g/mol. The van der Waals surface area contributed by atoms with Gasteiger partial charge in [0.15, 0.2) is 5.78 Å². The largest absolute Gasteiger partial charge is 0.366 e. The predicted octanol–water partition coefficient (Wildman–Crippen LogP) is 5.61. The van der Waals surface area contributed by atoms with Gasteiger partial charge in [-0.25, -0.2) is 0 Å². The molecule has 1 unspecified atom stereocenters. The molecule has 2 nitrogen and oxygen atoms in total. The fraction of sp³-hybridized carbons (Fsp3) is 0.476. The third kappa shape index (κ3) is 5.70. The van der Waals surface area contributed by atoms with E-state index < -0.39 is 0 Å². The van der Waals surface area contributed by atoms with Crippen LogP contribution in [0.3, 0.4) is 0 Å². The normalized spacial score (nSPS) is 16.5. The number of Topliss-reactive ketones (excluding diaryl/α,β-unsaturated/α-hetero) is 1. The summed E-state index contributed by atoms with van der Waals surface area (Å²) in [5.41, 5.74) is 5.33. The molecule has 2 heteroatoms. The van der Waals surface area contributed by atoms with Gasteiger partial charge < -0.3 is 5.32 Å². The third-order valence-electron chi connectivity index (χ3n) is 4.40. The number of rotatable bonds is 9. The van der Waals surface area contributed by atoms with Crippen molar-refractivity contribution in [3.05, 3.63) is 59.5 Å². The molecule has 0 heterocycles. The fourth-order valence-electron chi connectivity index (χ4n) is 2.82. The maximum atomic E-state index is 12.0. The lowest BCUT2D eigenvalue weighted by Gasteiger charge is -2.23. The number of carbonyl (C=O) groups excluding carboxylic acids is 1. The summed E-state index contributed by atoms with van der Waals surface area (Å²) in [5, 5.41) is 3.18. The molecule has 0 saturated heterocycles. The maximum absolute atomic E-state index is 12.0. The molecule has 126 valence electrons. The predicted molar refractivity (Wildman–Crippen MR) is 99.9 cm³/mol. The summed E-state index contributed by atoms with van der Waals surface area (Å²) in [6.07, 6.45) is 10.8. The molecule has 0 aromatic rings. The van der Waals surface area contributed by atoms with Gasteiger partial charge in [0.2, 0.25) is 0 Å².